The Morgan fingerprint density at radius 3 is 2.50 bits per heavy atom. The molecule has 0 aliphatic heterocycles. The highest BCUT2D eigenvalue weighted by Crippen LogP contribution is 2.33. The number of carboxylic acids is 1. The molecule has 0 aliphatic rings. The van der Waals surface area contributed by atoms with Gasteiger partial charge in [0.15, 0.2) is 11.5 Å². The van der Waals surface area contributed by atoms with Gasteiger partial charge < -0.3 is 31.2 Å². The van der Waals surface area contributed by atoms with Crippen molar-refractivity contribution in [3.8, 4) is 29.1 Å². The minimum absolute atomic E-state index is 0. The molecule has 9 nitrogen and oxygen atoms in total. The third-order valence-corrected chi connectivity index (χ3v) is 4.42. The number of carbonyl (C=O) groups is 1. The maximum Gasteiger partial charge on any atom is 0.339 e. The van der Waals surface area contributed by atoms with Crippen LogP contribution in [0.5, 0.6) is 17.2 Å². The number of nitrogen functional groups attached to an aromatic ring is 2. The van der Waals surface area contributed by atoms with E-state index in [1.165, 1.54) is 32.4 Å². The Kier molecular flexibility index (Phi) is 7.71. The summed E-state index contributed by atoms with van der Waals surface area (Å²) in [5.41, 5.74) is 13.7. The largest absolute Gasteiger partial charge is 0.507 e. The molecule has 0 unspecified atom stereocenters. The number of hydrogen-bond acceptors (Lipinski definition) is 8. The van der Waals surface area contributed by atoms with Crippen LogP contribution in [-0.2, 0) is 6.42 Å². The average Bonchev–Trinajstić information content (AvgIpc) is 2.74. The molecule has 1 heterocycles. The summed E-state index contributed by atoms with van der Waals surface area (Å²) in [6, 6.07) is 7.70. The lowest BCUT2D eigenvalue weighted by molar-refractivity contribution is 0.0693. The predicted molar refractivity (Wildman–Crippen MR) is 122 cm³/mol. The maximum atomic E-state index is 11.2. The molecule has 3 aromatic rings. The number of aromatic carboxylic acids is 1. The maximum absolute atomic E-state index is 11.2. The van der Waals surface area contributed by atoms with Crippen molar-refractivity contribution in [2.75, 3.05) is 25.7 Å². The summed E-state index contributed by atoms with van der Waals surface area (Å²) in [5, 5.41) is 18.8. The van der Waals surface area contributed by atoms with Gasteiger partial charge in [0, 0.05) is 23.7 Å². The number of methoxy groups -OCH3 is 2. The zero-order chi connectivity index (χ0) is 22.5. The number of nitrogens with two attached hydrogens (primary N) is 2. The zero-order valence-electron chi connectivity index (χ0n) is 17.2. The number of anilines is 2. The van der Waals surface area contributed by atoms with Crippen molar-refractivity contribution in [3.05, 3.63) is 64.3 Å². The Bertz CT molecular complexity index is 1220. The van der Waals surface area contributed by atoms with E-state index in [2.05, 4.69) is 21.8 Å². The lowest BCUT2D eigenvalue weighted by atomic mass is 10.0. The molecule has 6 N–H and O–H groups in total. The number of aromatic nitrogens is 2. The van der Waals surface area contributed by atoms with E-state index in [-0.39, 0.29) is 35.5 Å². The van der Waals surface area contributed by atoms with Crippen LogP contribution in [0.2, 0.25) is 0 Å². The van der Waals surface area contributed by atoms with Crippen molar-refractivity contribution in [1.82, 2.24) is 9.97 Å². The highest BCUT2D eigenvalue weighted by atomic mass is 35.5. The molecule has 1 aromatic heterocycles. The summed E-state index contributed by atoms with van der Waals surface area (Å²) in [4.78, 5) is 19.2. The van der Waals surface area contributed by atoms with E-state index < -0.39 is 5.97 Å². The quantitative estimate of drug-likeness (QED) is 0.424. The molecule has 0 amide bonds. The first-order chi connectivity index (χ1) is 14.8. The van der Waals surface area contributed by atoms with Crippen molar-refractivity contribution in [1.29, 1.82) is 0 Å². The summed E-state index contributed by atoms with van der Waals surface area (Å²) in [6.45, 7) is 0. The Morgan fingerprint density at radius 2 is 1.88 bits per heavy atom. The Hall–Kier alpha value is -4.16. The number of carboxylic acid groups (broad SMARTS) is 1. The van der Waals surface area contributed by atoms with Crippen LogP contribution >= 0.6 is 12.4 Å². The first-order valence-corrected chi connectivity index (χ1v) is 9.02. The van der Waals surface area contributed by atoms with Gasteiger partial charge in [-0.25, -0.2) is 9.78 Å². The minimum Gasteiger partial charge on any atom is -0.507 e. The van der Waals surface area contributed by atoms with Gasteiger partial charge in [-0.1, -0.05) is 11.8 Å². The smallest absolute Gasteiger partial charge is 0.339 e. The first-order valence-electron chi connectivity index (χ1n) is 9.02. The topological polar surface area (TPSA) is 154 Å². The van der Waals surface area contributed by atoms with E-state index in [1.54, 1.807) is 12.3 Å². The second-order valence-electron chi connectivity index (χ2n) is 6.48. The Morgan fingerprint density at radius 1 is 1.12 bits per heavy atom. The molecule has 0 aliphatic carbocycles. The standard InChI is InChI=1S/C22H20N4O5.ClH/c1-30-18-10-13(8-15-11-25-22(24)26-20(15)23)7-14(19(18)31-2)5-3-12-4-6-17(27)16(9-12)21(28)29;/h4,6-7,9-11,27H,8H2,1-2H3,(H,28,29)(H4,23,24,25,26);1H. The van der Waals surface area contributed by atoms with E-state index in [0.29, 0.717) is 34.6 Å². The summed E-state index contributed by atoms with van der Waals surface area (Å²) in [7, 11) is 3.01. The second kappa shape index (κ2) is 10.2. The van der Waals surface area contributed by atoms with Gasteiger partial charge in [-0.05, 0) is 35.9 Å². The van der Waals surface area contributed by atoms with Gasteiger partial charge >= 0.3 is 5.97 Å². The van der Waals surface area contributed by atoms with E-state index in [0.717, 1.165) is 5.56 Å². The Balaban J connectivity index is 0.00000363. The molecule has 10 heteroatoms. The van der Waals surface area contributed by atoms with Crippen molar-refractivity contribution < 1.29 is 24.5 Å². The molecule has 0 fully saturated rings. The number of nitrogens with zero attached hydrogens (tertiary/aromatic N) is 2. The van der Waals surface area contributed by atoms with Crippen molar-refractivity contribution in [2.24, 2.45) is 0 Å². The molecule has 0 radical (unpaired) electrons. The molecule has 3 rings (SSSR count). The molecule has 0 saturated carbocycles. The van der Waals surface area contributed by atoms with Crippen LogP contribution < -0.4 is 20.9 Å². The SMILES string of the molecule is COc1cc(Cc2cnc(N)nc2N)cc(C#Cc2ccc(O)c(C(=O)O)c2)c1OC.Cl. The van der Waals surface area contributed by atoms with E-state index in [9.17, 15) is 9.90 Å². The van der Waals surface area contributed by atoms with Crippen LogP contribution in [0, 0.1) is 11.8 Å². The molecule has 166 valence electrons. The van der Waals surface area contributed by atoms with Gasteiger partial charge in [0.05, 0.1) is 19.8 Å². The highest BCUT2D eigenvalue weighted by molar-refractivity contribution is 5.91. The van der Waals surface area contributed by atoms with Crippen LogP contribution in [0.3, 0.4) is 0 Å². The van der Waals surface area contributed by atoms with Crippen molar-refractivity contribution in [3.63, 3.8) is 0 Å². The minimum atomic E-state index is -1.24. The van der Waals surface area contributed by atoms with Gasteiger partial charge in [-0.3, -0.25) is 0 Å². The number of rotatable bonds is 5. The fourth-order valence-corrected chi connectivity index (χ4v) is 2.93. The zero-order valence-corrected chi connectivity index (χ0v) is 18.1. The number of aromatic hydroxyl groups is 1. The fourth-order valence-electron chi connectivity index (χ4n) is 2.93. The number of ether oxygens (including phenoxy) is 2. The average molecular weight is 457 g/mol. The first kappa shape index (κ1) is 24.1. The number of benzene rings is 2. The summed E-state index contributed by atoms with van der Waals surface area (Å²) in [5.74, 6) is 5.56. The molecule has 32 heavy (non-hydrogen) atoms. The van der Waals surface area contributed by atoms with E-state index in [4.69, 9.17) is 26.0 Å². The molecular weight excluding hydrogens is 436 g/mol. The monoisotopic (exact) mass is 456 g/mol. The summed E-state index contributed by atoms with van der Waals surface area (Å²) >= 11 is 0. The van der Waals surface area contributed by atoms with Crippen LogP contribution in [-0.4, -0.2) is 40.4 Å². The molecule has 0 saturated heterocycles. The van der Waals surface area contributed by atoms with Gasteiger partial charge in [0.25, 0.3) is 0 Å². The van der Waals surface area contributed by atoms with E-state index >= 15 is 0 Å². The number of hydrogen-bond donors (Lipinski definition) is 4. The molecule has 0 bridgehead atoms. The van der Waals surface area contributed by atoms with Gasteiger partial charge in [-0.15, -0.1) is 12.4 Å². The lowest BCUT2D eigenvalue weighted by Gasteiger charge is -2.13. The van der Waals surface area contributed by atoms with Crippen LogP contribution in [0.25, 0.3) is 0 Å². The molecule has 2 aromatic carbocycles. The molecule has 0 spiro atoms. The van der Waals surface area contributed by atoms with Crippen molar-refractivity contribution in [2.45, 2.75) is 6.42 Å². The second-order valence-corrected chi connectivity index (χ2v) is 6.48. The normalized spacial score (nSPS) is 9.81. The highest BCUT2D eigenvalue weighted by Gasteiger charge is 2.14. The molecule has 0 atom stereocenters. The third-order valence-electron chi connectivity index (χ3n) is 4.42. The van der Waals surface area contributed by atoms with Gasteiger partial charge in [0.2, 0.25) is 5.95 Å². The Labute approximate surface area is 190 Å². The lowest BCUT2D eigenvalue weighted by Crippen LogP contribution is -2.04. The van der Waals surface area contributed by atoms with Crippen molar-refractivity contribution >= 4 is 30.1 Å². The summed E-state index contributed by atoms with van der Waals surface area (Å²) in [6.07, 6.45) is 1.97. The third kappa shape index (κ3) is 5.30. The van der Waals surface area contributed by atoms with Gasteiger partial charge in [-0.2, -0.15) is 4.98 Å². The van der Waals surface area contributed by atoms with Crippen LogP contribution in [0.1, 0.15) is 32.6 Å². The summed E-state index contributed by atoms with van der Waals surface area (Å²) < 4.78 is 10.9. The molecular formula is C22H21ClN4O5. The number of halogens is 1. The fraction of sp³-hybridized carbons (Fsp3) is 0.136. The van der Waals surface area contributed by atoms with Crippen LogP contribution in [0.4, 0.5) is 11.8 Å². The van der Waals surface area contributed by atoms with Gasteiger partial charge in [0.1, 0.15) is 17.1 Å². The van der Waals surface area contributed by atoms with E-state index in [1.807, 2.05) is 6.07 Å². The number of phenols is 1. The predicted octanol–water partition coefficient (Wildman–Crippen LogP) is 2.47. The van der Waals surface area contributed by atoms with Crippen LogP contribution in [0.15, 0.2) is 36.5 Å².